The molecule has 1 unspecified atom stereocenters. The molecule has 1 atom stereocenters. The molecular formula is C19H16F2N5O4S2-. The van der Waals surface area contributed by atoms with Crippen molar-refractivity contribution in [3.8, 4) is 5.95 Å². The van der Waals surface area contributed by atoms with Crippen LogP contribution >= 0.6 is 0 Å². The van der Waals surface area contributed by atoms with Gasteiger partial charge in [-0.1, -0.05) is 0 Å². The molecule has 1 aliphatic rings. The number of halogens is 2. The number of hydrogen-bond acceptors (Lipinski definition) is 6. The number of imidazole rings is 2. The van der Waals surface area contributed by atoms with E-state index >= 15 is 0 Å². The zero-order valence-electron chi connectivity index (χ0n) is 16.6. The van der Waals surface area contributed by atoms with Crippen molar-refractivity contribution >= 4 is 48.9 Å². The van der Waals surface area contributed by atoms with Gasteiger partial charge in [-0.2, -0.15) is 0 Å². The Labute approximate surface area is 183 Å². The van der Waals surface area contributed by atoms with Crippen LogP contribution in [0.25, 0.3) is 28.0 Å². The van der Waals surface area contributed by atoms with Gasteiger partial charge in [-0.15, -0.1) is 0 Å². The van der Waals surface area contributed by atoms with Crippen molar-refractivity contribution in [2.24, 2.45) is 0 Å². The molecule has 0 amide bonds. The smallest absolute Gasteiger partial charge is 0.217 e. The highest BCUT2D eigenvalue weighted by Crippen LogP contribution is 2.41. The molecule has 13 heteroatoms. The van der Waals surface area contributed by atoms with Gasteiger partial charge in [0.1, 0.15) is 17.7 Å². The van der Waals surface area contributed by atoms with Crippen LogP contribution in [0.1, 0.15) is 18.9 Å². The minimum atomic E-state index is -3.61. The van der Waals surface area contributed by atoms with Gasteiger partial charge in [0, 0.05) is 23.6 Å². The van der Waals surface area contributed by atoms with Gasteiger partial charge >= 0.3 is 0 Å². The maximum absolute atomic E-state index is 14.6. The summed E-state index contributed by atoms with van der Waals surface area (Å²) in [4.78, 5) is 8.78. The number of rotatable bonds is 6. The van der Waals surface area contributed by atoms with Gasteiger partial charge in [0.25, 0.3) is 0 Å². The third-order valence-electron chi connectivity index (χ3n) is 5.20. The van der Waals surface area contributed by atoms with E-state index < -0.39 is 38.6 Å². The highest BCUT2D eigenvalue weighted by atomic mass is 32.2. The molecule has 4 aromatic rings. The van der Waals surface area contributed by atoms with Gasteiger partial charge in [-0.25, -0.2) is 27.2 Å². The zero-order valence-corrected chi connectivity index (χ0v) is 18.2. The average Bonchev–Trinajstić information content (AvgIpc) is 3.36. The van der Waals surface area contributed by atoms with Crippen LogP contribution in [0.3, 0.4) is 0 Å². The molecular weight excluding hydrogens is 464 g/mol. The van der Waals surface area contributed by atoms with Crippen LogP contribution in [0, 0.1) is 11.6 Å². The number of hydrogen-bond donors (Lipinski definition) is 0. The van der Waals surface area contributed by atoms with E-state index in [4.69, 9.17) is 0 Å². The van der Waals surface area contributed by atoms with E-state index in [1.165, 1.54) is 24.5 Å². The van der Waals surface area contributed by atoms with E-state index in [-0.39, 0.29) is 17.2 Å². The second-order valence-electron chi connectivity index (χ2n) is 7.68. The fraction of sp³-hybridized carbons (Fsp3) is 0.263. The Bertz CT molecular complexity index is 1510. The molecule has 2 aromatic heterocycles. The Balaban J connectivity index is 1.66. The summed E-state index contributed by atoms with van der Waals surface area (Å²) in [5.74, 6) is -2.27. The first-order valence-corrected chi connectivity index (χ1v) is 12.6. The summed E-state index contributed by atoms with van der Waals surface area (Å²) in [6, 6.07) is 6.90. The van der Waals surface area contributed by atoms with E-state index in [1.54, 1.807) is 15.2 Å². The van der Waals surface area contributed by atoms with E-state index in [2.05, 4.69) is 9.97 Å². The molecule has 0 spiro atoms. The highest BCUT2D eigenvalue weighted by molar-refractivity contribution is 7.92. The number of anilines is 1. The predicted octanol–water partition coefficient (Wildman–Crippen LogP) is 2.59. The number of aromatic nitrogens is 4. The maximum atomic E-state index is 14.6. The molecule has 1 saturated carbocycles. The first-order valence-electron chi connectivity index (χ1n) is 9.52. The van der Waals surface area contributed by atoms with E-state index in [0.717, 1.165) is 25.2 Å². The molecule has 0 saturated heterocycles. The monoisotopic (exact) mass is 480 g/mol. The van der Waals surface area contributed by atoms with E-state index in [9.17, 15) is 26.0 Å². The van der Waals surface area contributed by atoms with Crippen LogP contribution in [-0.4, -0.2) is 48.4 Å². The standard InChI is InChI=1S/C19H17F2N5O4S2/c1-32(29,30)10-25(31(27)28)12-4-7-16-15(8-12)22-9-24(16)19-23-14-6-5-13(20)17(21)18(14)26(19)11-2-3-11/h4-9,11H,2-3,10H2,1H3,(H,27,28)/p-1. The highest BCUT2D eigenvalue weighted by Gasteiger charge is 2.31. The molecule has 2 aromatic carbocycles. The van der Waals surface area contributed by atoms with Crippen LogP contribution in [0.2, 0.25) is 0 Å². The quantitative estimate of drug-likeness (QED) is 0.392. The largest absolute Gasteiger partial charge is 0.755 e. The summed E-state index contributed by atoms with van der Waals surface area (Å²) in [5.41, 5.74) is 1.45. The molecule has 0 aliphatic heterocycles. The molecule has 32 heavy (non-hydrogen) atoms. The molecule has 168 valence electrons. The second-order valence-corrected chi connectivity index (χ2v) is 10.7. The first kappa shape index (κ1) is 21.0. The van der Waals surface area contributed by atoms with Crippen molar-refractivity contribution in [2.45, 2.75) is 18.9 Å². The van der Waals surface area contributed by atoms with Crippen molar-refractivity contribution in [3.05, 3.63) is 48.3 Å². The Kier molecular flexibility index (Phi) is 4.80. The molecule has 9 nitrogen and oxygen atoms in total. The van der Waals surface area contributed by atoms with Gasteiger partial charge in [-0.05, 0) is 43.2 Å². The van der Waals surface area contributed by atoms with Gasteiger partial charge in [-0.3, -0.25) is 13.1 Å². The average molecular weight is 480 g/mol. The lowest BCUT2D eigenvalue weighted by Gasteiger charge is -2.25. The minimum absolute atomic E-state index is 0.0174. The summed E-state index contributed by atoms with van der Waals surface area (Å²) in [5, 5.41) is 0. The number of benzene rings is 2. The van der Waals surface area contributed by atoms with Crippen molar-refractivity contribution in [3.63, 3.8) is 0 Å². The lowest BCUT2D eigenvalue weighted by molar-refractivity contribution is 0.511. The third-order valence-corrected chi connectivity index (χ3v) is 6.79. The van der Waals surface area contributed by atoms with Crippen molar-refractivity contribution in [1.82, 2.24) is 19.1 Å². The van der Waals surface area contributed by atoms with Gasteiger partial charge in [0.2, 0.25) is 5.95 Å². The zero-order chi connectivity index (χ0) is 22.8. The lowest BCUT2D eigenvalue weighted by Crippen LogP contribution is -2.31. The first-order chi connectivity index (χ1) is 15.1. The van der Waals surface area contributed by atoms with Gasteiger partial charge in [0.15, 0.2) is 21.5 Å². The molecule has 0 N–H and O–H groups in total. The van der Waals surface area contributed by atoms with Gasteiger partial charge in [0.05, 0.1) is 22.2 Å². The Hall–Kier alpha value is -2.90. The Morgan fingerprint density at radius 3 is 2.62 bits per heavy atom. The molecule has 5 rings (SSSR count). The Morgan fingerprint density at radius 2 is 1.97 bits per heavy atom. The lowest BCUT2D eigenvalue weighted by atomic mass is 10.3. The molecule has 0 bridgehead atoms. The summed E-state index contributed by atoms with van der Waals surface area (Å²) < 4.78 is 78.9. The molecule has 0 radical (unpaired) electrons. The molecule has 2 heterocycles. The van der Waals surface area contributed by atoms with Gasteiger partial charge < -0.3 is 9.12 Å². The normalized spacial score (nSPS) is 15.5. The van der Waals surface area contributed by atoms with E-state index in [1.807, 2.05) is 0 Å². The number of nitrogens with zero attached hydrogens (tertiary/aromatic N) is 5. The molecule has 1 fully saturated rings. The van der Waals surface area contributed by atoms with E-state index in [0.29, 0.717) is 26.8 Å². The van der Waals surface area contributed by atoms with Crippen LogP contribution < -0.4 is 4.31 Å². The Morgan fingerprint density at radius 1 is 1.22 bits per heavy atom. The summed E-state index contributed by atoms with van der Waals surface area (Å²) in [7, 11) is -3.61. The second kappa shape index (κ2) is 7.32. The minimum Gasteiger partial charge on any atom is -0.755 e. The van der Waals surface area contributed by atoms with Crippen LogP contribution in [-0.2, 0) is 21.1 Å². The SMILES string of the molecule is CS(=O)(=O)CN(c1ccc2c(c1)ncn2-c1nc2ccc(F)c(F)c2n1C1CC1)S(=O)[O-]. The fourth-order valence-corrected chi connectivity index (χ4v) is 5.47. The van der Waals surface area contributed by atoms with Crippen LogP contribution in [0.15, 0.2) is 36.7 Å². The summed E-state index contributed by atoms with van der Waals surface area (Å²) >= 11 is -2.81. The summed E-state index contributed by atoms with van der Waals surface area (Å²) in [6.45, 7) is 0. The fourth-order valence-electron chi connectivity index (χ4n) is 3.69. The molecule has 1 aliphatic carbocycles. The number of fused-ring (bicyclic) bond motifs is 2. The van der Waals surface area contributed by atoms with Crippen molar-refractivity contribution in [1.29, 1.82) is 0 Å². The van der Waals surface area contributed by atoms with Crippen molar-refractivity contribution < 1.29 is 26.0 Å². The summed E-state index contributed by atoms with van der Waals surface area (Å²) in [6.07, 6.45) is 4.00. The van der Waals surface area contributed by atoms with Crippen LogP contribution in [0.5, 0.6) is 0 Å². The topological polar surface area (TPSA) is 113 Å². The predicted molar refractivity (Wildman–Crippen MR) is 114 cm³/mol. The van der Waals surface area contributed by atoms with Crippen molar-refractivity contribution in [2.75, 3.05) is 16.4 Å². The maximum Gasteiger partial charge on any atom is 0.217 e. The third kappa shape index (κ3) is 3.55. The number of sulfone groups is 1. The van der Waals surface area contributed by atoms with Crippen LogP contribution in [0.4, 0.5) is 14.5 Å².